The zero-order chi connectivity index (χ0) is 17.8. The predicted molar refractivity (Wildman–Crippen MR) is 93.7 cm³/mol. The van der Waals surface area contributed by atoms with Gasteiger partial charge in [0.2, 0.25) is 0 Å². The molecule has 2 amide bonds. The molecule has 0 saturated heterocycles. The van der Waals surface area contributed by atoms with Crippen LogP contribution in [0, 0.1) is 0 Å². The molecule has 2 heterocycles. The third kappa shape index (κ3) is 4.23. The van der Waals surface area contributed by atoms with Gasteiger partial charge in [-0.25, -0.2) is 4.79 Å². The first-order chi connectivity index (χ1) is 12.0. The fourth-order valence-corrected chi connectivity index (χ4v) is 2.73. The zero-order valence-electron chi connectivity index (χ0n) is 14.9. The summed E-state index contributed by atoms with van der Waals surface area (Å²) in [6.07, 6.45) is 4.53. The number of nitrogens with one attached hydrogen (secondary N) is 1. The first-order valence-corrected chi connectivity index (χ1v) is 8.41. The molecule has 2 aromatic rings. The minimum absolute atomic E-state index is 0.136. The van der Waals surface area contributed by atoms with Crippen molar-refractivity contribution < 1.29 is 14.3 Å². The molecule has 25 heavy (non-hydrogen) atoms. The van der Waals surface area contributed by atoms with Crippen LogP contribution in [0.2, 0.25) is 0 Å². The van der Waals surface area contributed by atoms with Crippen LogP contribution in [0.4, 0.5) is 4.79 Å². The topological polar surface area (TPSA) is 68.6 Å². The Hall–Kier alpha value is -2.70. The van der Waals surface area contributed by atoms with Gasteiger partial charge in [-0.2, -0.15) is 5.10 Å². The average molecular weight is 344 g/mol. The van der Waals surface area contributed by atoms with Gasteiger partial charge < -0.3 is 19.7 Å². The molecule has 1 atom stereocenters. The summed E-state index contributed by atoms with van der Waals surface area (Å²) < 4.78 is 13.1. The Kier molecular flexibility index (Phi) is 5.11. The highest BCUT2D eigenvalue weighted by atomic mass is 16.5. The lowest BCUT2D eigenvalue weighted by Crippen LogP contribution is -2.38. The van der Waals surface area contributed by atoms with Crippen LogP contribution in [0.25, 0.3) is 0 Å². The van der Waals surface area contributed by atoms with Crippen LogP contribution in [0.5, 0.6) is 11.5 Å². The van der Waals surface area contributed by atoms with E-state index in [4.69, 9.17) is 9.47 Å². The van der Waals surface area contributed by atoms with E-state index in [0.717, 1.165) is 29.0 Å². The lowest BCUT2D eigenvalue weighted by Gasteiger charge is -2.21. The minimum atomic E-state index is -0.138. The maximum atomic E-state index is 12.4. The third-order valence-electron chi connectivity index (χ3n) is 4.14. The van der Waals surface area contributed by atoms with Gasteiger partial charge in [0.1, 0.15) is 0 Å². The van der Waals surface area contributed by atoms with Gasteiger partial charge >= 0.3 is 6.03 Å². The van der Waals surface area contributed by atoms with Crippen LogP contribution in [0.3, 0.4) is 0 Å². The second-order valence-corrected chi connectivity index (χ2v) is 6.31. The predicted octanol–water partition coefficient (Wildman–Crippen LogP) is 2.48. The number of urea groups is 1. The first-order valence-electron chi connectivity index (χ1n) is 8.41. The maximum absolute atomic E-state index is 12.4. The molecular formula is C18H24N4O3. The van der Waals surface area contributed by atoms with Gasteiger partial charge in [-0.05, 0) is 24.6 Å². The van der Waals surface area contributed by atoms with Crippen LogP contribution in [-0.4, -0.2) is 41.0 Å². The van der Waals surface area contributed by atoms with Crippen molar-refractivity contribution in [3.63, 3.8) is 0 Å². The van der Waals surface area contributed by atoms with E-state index in [1.807, 2.05) is 38.4 Å². The number of carbonyl (C=O) groups is 1. The third-order valence-corrected chi connectivity index (χ3v) is 4.14. The second-order valence-electron chi connectivity index (χ2n) is 6.31. The van der Waals surface area contributed by atoms with Gasteiger partial charge in [0, 0.05) is 32.3 Å². The van der Waals surface area contributed by atoms with Gasteiger partial charge in [-0.1, -0.05) is 6.07 Å². The molecule has 1 aromatic carbocycles. The number of hydrogen-bond donors (Lipinski definition) is 1. The molecule has 1 aliphatic heterocycles. The number of rotatable bonds is 4. The fourth-order valence-electron chi connectivity index (χ4n) is 2.73. The number of nitrogens with zero attached hydrogens (tertiary/aromatic N) is 3. The van der Waals surface area contributed by atoms with Crippen LogP contribution in [0.1, 0.15) is 30.5 Å². The summed E-state index contributed by atoms with van der Waals surface area (Å²) in [5.74, 6) is 1.49. The molecule has 0 fully saturated rings. The minimum Gasteiger partial charge on any atom is -0.490 e. The van der Waals surface area contributed by atoms with Crippen molar-refractivity contribution in [1.82, 2.24) is 20.0 Å². The molecule has 134 valence electrons. The Labute approximate surface area is 147 Å². The molecular weight excluding hydrogens is 320 g/mol. The van der Waals surface area contributed by atoms with E-state index in [-0.39, 0.29) is 12.1 Å². The van der Waals surface area contributed by atoms with Crippen molar-refractivity contribution in [3.05, 3.63) is 41.7 Å². The summed E-state index contributed by atoms with van der Waals surface area (Å²) in [7, 11) is 3.62. The number of amides is 2. The average Bonchev–Trinajstić information content (AvgIpc) is 2.86. The number of aryl methyl sites for hydroxylation is 1. The van der Waals surface area contributed by atoms with E-state index < -0.39 is 0 Å². The molecule has 0 spiro atoms. The standard InChI is InChI=1S/C18H24N4O3/c1-13(15-5-6-16-17(9-15)25-8-4-7-24-16)20-18(23)21(2)11-14-10-19-22(3)12-14/h5-6,9-10,12-13H,4,7-8,11H2,1-3H3,(H,20,23)/t13-/m0/s1. The number of benzene rings is 1. The highest BCUT2D eigenvalue weighted by molar-refractivity contribution is 5.74. The Morgan fingerprint density at radius 2 is 2.12 bits per heavy atom. The van der Waals surface area contributed by atoms with Gasteiger partial charge in [0.15, 0.2) is 11.5 Å². The molecule has 1 N–H and O–H groups in total. The van der Waals surface area contributed by atoms with Crippen molar-refractivity contribution >= 4 is 6.03 Å². The quantitative estimate of drug-likeness (QED) is 0.925. The molecule has 0 unspecified atom stereocenters. The van der Waals surface area contributed by atoms with E-state index in [1.54, 1.807) is 22.8 Å². The number of aromatic nitrogens is 2. The number of fused-ring (bicyclic) bond motifs is 1. The highest BCUT2D eigenvalue weighted by Crippen LogP contribution is 2.32. The van der Waals surface area contributed by atoms with Crippen molar-refractivity contribution in [2.75, 3.05) is 20.3 Å². The van der Waals surface area contributed by atoms with Gasteiger partial charge in [0.25, 0.3) is 0 Å². The van der Waals surface area contributed by atoms with E-state index in [9.17, 15) is 4.79 Å². The van der Waals surface area contributed by atoms with Crippen molar-refractivity contribution in [2.24, 2.45) is 7.05 Å². The van der Waals surface area contributed by atoms with Crippen molar-refractivity contribution in [1.29, 1.82) is 0 Å². The lowest BCUT2D eigenvalue weighted by molar-refractivity contribution is 0.203. The molecule has 7 nitrogen and oxygen atoms in total. The van der Waals surface area contributed by atoms with E-state index >= 15 is 0 Å². The normalized spacial score (nSPS) is 14.5. The zero-order valence-corrected chi connectivity index (χ0v) is 14.9. The van der Waals surface area contributed by atoms with Gasteiger partial charge in [-0.3, -0.25) is 4.68 Å². The van der Waals surface area contributed by atoms with Crippen LogP contribution in [-0.2, 0) is 13.6 Å². The van der Waals surface area contributed by atoms with E-state index in [2.05, 4.69) is 10.4 Å². The molecule has 3 rings (SSSR count). The van der Waals surface area contributed by atoms with Gasteiger partial charge in [0.05, 0.1) is 32.0 Å². The highest BCUT2D eigenvalue weighted by Gasteiger charge is 2.17. The summed E-state index contributed by atoms with van der Waals surface area (Å²) in [6, 6.07) is 5.52. The SMILES string of the molecule is C[C@H](NC(=O)N(C)Cc1cnn(C)c1)c1ccc2c(c1)OCCCO2. The van der Waals surface area contributed by atoms with Crippen molar-refractivity contribution in [3.8, 4) is 11.5 Å². The monoisotopic (exact) mass is 344 g/mol. The summed E-state index contributed by atoms with van der Waals surface area (Å²) >= 11 is 0. The summed E-state index contributed by atoms with van der Waals surface area (Å²) in [6.45, 7) is 3.77. The summed E-state index contributed by atoms with van der Waals surface area (Å²) in [4.78, 5) is 14.0. The molecule has 0 aliphatic carbocycles. The van der Waals surface area contributed by atoms with Crippen LogP contribution < -0.4 is 14.8 Å². The number of hydrogen-bond acceptors (Lipinski definition) is 4. The molecule has 1 aromatic heterocycles. The largest absolute Gasteiger partial charge is 0.490 e. The second kappa shape index (κ2) is 7.46. The fraction of sp³-hybridized carbons (Fsp3) is 0.444. The molecule has 1 aliphatic rings. The smallest absolute Gasteiger partial charge is 0.317 e. The van der Waals surface area contributed by atoms with E-state index in [0.29, 0.717) is 19.8 Å². The maximum Gasteiger partial charge on any atom is 0.317 e. The van der Waals surface area contributed by atoms with Crippen LogP contribution >= 0.6 is 0 Å². The molecule has 7 heteroatoms. The Balaban J connectivity index is 1.62. The lowest BCUT2D eigenvalue weighted by atomic mass is 10.1. The number of ether oxygens (including phenoxy) is 2. The Morgan fingerprint density at radius 3 is 2.84 bits per heavy atom. The molecule has 0 bridgehead atoms. The number of carbonyl (C=O) groups excluding carboxylic acids is 1. The first kappa shape index (κ1) is 17.1. The Morgan fingerprint density at radius 1 is 1.36 bits per heavy atom. The van der Waals surface area contributed by atoms with Gasteiger partial charge in [-0.15, -0.1) is 0 Å². The Bertz CT molecular complexity index is 744. The van der Waals surface area contributed by atoms with Crippen molar-refractivity contribution in [2.45, 2.75) is 25.9 Å². The molecule has 0 radical (unpaired) electrons. The van der Waals surface area contributed by atoms with E-state index in [1.165, 1.54) is 0 Å². The summed E-state index contributed by atoms with van der Waals surface area (Å²) in [5, 5.41) is 7.13. The van der Waals surface area contributed by atoms with Crippen LogP contribution in [0.15, 0.2) is 30.6 Å². The molecule has 0 saturated carbocycles. The summed E-state index contributed by atoms with van der Waals surface area (Å²) in [5.41, 5.74) is 1.97.